The minimum absolute atomic E-state index is 0.254. The maximum Gasteiger partial charge on any atom is 0.00965 e. The Kier molecular flexibility index (Phi) is 5.68. The first-order valence-corrected chi connectivity index (χ1v) is 9.15. The summed E-state index contributed by atoms with van der Waals surface area (Å²) in [5.41, 5.74) is 0.865. The zero-order chi connectivity index (χ0) is 14.5. The Morgan fingerprint density at radius 1 is 1.15 bits per heavy atom. The molecule has 0 atom stereocenters. The molecule has 0 saturated heterocycles. The van der Waals surface area contributed by atoms with Crippen LogP contribution in [0.25, 0.3) is 0 Å². The van der Waals surface area contributed by atoms with Crippen LogP contribution in [0.15, 0.2) is 17.5 Å². The van der Waals surface area contributed by atoms with E-state index in [0.29, 0.717) is 5.41 Å². The standard InChI is InChI=1S/C18H31NS/c1-17(2,3)19-14-13-18(10-5-4-6-11-18)12-9-16-8-7-15-20-16/h7-8,15,19H,4-6,9-14H2,1-3H3. The van der Waals surface area contributed by atoms with Gasteiger partial charge in [-0.15, -0.1) is 11.3 Å². The zero-order valence-electron chi connectivity index (χ0n) is 13.5. The van der Waals surface area contributed by atoms with Gasteiger partial charge in [0.05, 0.1) is 0 Å². The highest BCUT2D eigenvalue weighted by Crippen LogP contribution is 2.43. The molecule has 0 radical (unpaired) electrons. The molecule has 0 amide bonds. The van der Waals surface area contributed by atoms with Crippen molar-refractivity contribution in [2.75, 3.05) is 6.54 Å². The molecule has 1 fully saturated rings. The highest BCUT2D eigenvalue weighted by atomic mass is 32.1. The lowest BCUT2D eigenvalue weighted by Gasteiger charge is -2.38. The fourth-order valence-corrected chi connectivity index (χ4v) is 4.18. The number of hydrogen-bond donors (Lipinski definition) is 1. The largest absolute Gasteiger partial charge is 0.312 e. The molecule has 0 aromatic carbocycles. The Morgan fingerprint density at radius 3 is 2.50 bits per heavy atom. The van der Waals surface area contributed by atoms with Crippen LogP contribution >= 0.6 is 11.3 Å². The first-order valence-electron chi connectivity index (χ1n) is 8.27. The van der Waals surface area contributed by atoms with E-state index in [4.69, 9.17) is 0 Å². The molecule has 0 unspecified atom stereocenters. The van der Waals surface area contributed by atoms with Gasteiger partial charge in [-0.1, -0.05) is 25.3 Å². The number of aryl methyl sites for hydroxylation is 1. The summed E-state index contributed by atoms with van der Waals surface area (Å²) in [7, 11) is 0. The van der Waals surface area contributed by atoms with Crippen molar-refractivity contribution in [3.05, 3.63) is 22.4 Å². The van der Waals surface area contributed by atoms with Crippen LogP contribution in [0.5, 0.6) is 0 Å². The lowest BCUT2D eigenvalue weighted by molar-refractivity contribution is 0.153. The van der Waals surface area contributed by atoms with Gasteiger partial charge >= 0.3 is 0 Å². The number of rotatable bonds is 6. The van der Waals surface area contributed by atoms with Gasteiger partial charge < -0.3 is 5.32 Å². The van der Waals surface area contributed by atoms with Crippen LogP contribution in [0, 0.1) is 5.41 Å². The second-order valence-electron chi connectivity index (χ2n) is 7.57. The van der Waals surface area contributed by atoms with Gasteiger partial charge in [0.15, 0.2) is 0 Å². The Labute approximate surface area is 129 Å². The summed E-state index contributed by atoms with van der Waals surface area (Å²) < 4.78 is 0. The van der Waals surface area contributed by atoms with Crippen molar-refractivity contribution < 1.29 is 0 Å². The summed E-state index contributed by atoms with van der Waals surface area (Å²) in [4.78, 5) is 1.57. The predicted molar refractivity (Wildman–Crippen MR) is 90.5 cm³/mol. The molecule has 0 spiro atoms. The summed E-state index contributed by atoms with van der Waals surface area (Å²) in [5, 5.41) is 5.90. The van der Waals surface area contributed by atoms with Crippen LogP contribution in [0.4, 0.5) is 0 Å². The van der Waals surface area contributed by atoms with Gasteiger partial charge in [-0.3, -0.25) is 0 Å². The lowest BCUT2D eigenvalue weighted by Crippen LogP contribution is -2.39. The van der Waals surface area contributed by atoms with Gasteiger partial charge in [0.2, 0.25) is 0 Å². The van der Waals surface area contributed by atoms with Crippen molar-refractivity contribution in [1.29, 1.82) is 0 Å². The van der Waals surface area contributed by atoms with Gasteiger partial charge in [0, 0.05) is 10.4 Å². The van der Waals surface area contributed by atoms with Crippen molar-refractivity contribution in [3.63, 3.8) is 0 Å². The molecule has 1 aliphatic carbocycles. The van der Waals surface area contributed by atoms with E-state index >= 15 is 0 Å². The van der Waals surface area contributed by atoms with E-state index in [1.54, 1.807) is 4.88 Å². The Hall–Kier alpha value is -0.340. The topological polar surface area (TPSA) is 12.0 Å². The molecule has 2 heteroatoms. The molecule has 1 nitrogen and oxygen atoms in total. The first-order chi connectivity index (χ1) is 9.49. The van der Waals surface area contributed by atoms with Crippen LogP contribution in [-0.4, -0.2) is 12.1 Å². The molecule has 1 saturated carbocycles. The first kappa shape index (κ1) is 16.0. The van der Waals surface area contributed by atoms with Crippen LogP contribution in [0.3, 0.4) is 0 Å². The average Bonchev–Trinajstić information content (AvgIpc) is 2.89. The van der Waals surface area contributed by atoms with Crippen LogP contribution in [0.2, 0.25) is 0 Å². The van der Waals surface area contributed by atoms with Gasteiger partial charge in [-0.25, -0.2) is 0 Å². The maximum absolute atomic E-state index is 3.69. The summed E-state index contributed by atoms with van der Waals surface area (Å²) >= 11 is 1.92. The van der Waals surface area contributed by atoms with Gasteiger partial charge in [0.1, 0.15) is 0 Å². The lowest BCUT2D eigenvalue weighted by atomic mass is 9.69. The molecule has 0 bridgehead atoms. The molecule has 0 aliphatic heterocycles. The third-order valence-corrected chi connectivity index (χ3v) is 5.64. The molecule has 1 aromatic rings. The summed E-state index contributed by atoms with van der Waals surface area (Å²) in [6.45, 7) is 7.98. The number of nitrogens with one attached hydrogen (secondary N) is 1. The minimum atomic E-state index is 0.254. The number of hydrogen-bond acceptors (Lipinski definition) is 2. The normalized spacial score (nSPS) is 19.1. The van der Waals surface area contributed by atoms with Crippen LogP contribution in [-0.2, 0) is 6.42 Å². The molecule has 2 rings (SSSR count). The van der Waals surface area contributed by atoms with E-state index in [0.717, 1.165) is 0 Å². The molecule has 114 valence electrons. The minimum Gasteiger partial charge on any atom is -0.312 e. The third-order valence-electron chi connectivity index (χ3n) is 4.71. The Bertz CT molecular complexity index is 369. The molecule has 1 aliphatic rings. The zero-order valence-corrected chi connectivity index (χ0v) is 14.3. The van der Waals surface area contributed by atoms with Crippen molar-refractivity contribution in [2.45, 2.75) is 77.7 Å². The number of thiophene rings is 1. The van der Waals surface area contributed by atoms with E-state index in [1.165, 1.54) is 57.9 Å². The van der Waals surface area contributed by atoms with E-state index in [9.17, 15) is 0 Å². The van der Waals surface area contributed by atoms with Crippen molar-refractivity contribution in [1.82, 2.24) is 5.32 Å². The van der Waals surface area contributed by atoms with E-state index in [1.807, 2.05) is 11.3 Å². The van der Waals surface area contributed by atoms with Crippen molar-refractivity contribution in [2.24, 2.45) is 5.41 Å². The second kappa shape index (κ2) is 7.09. The van der Waals surface area contributed by atoms with Crippen LogP contribution in [0.1, 0.15) is 70.6 Å². The molecule has 1 N–H and O–H groups in total. The quantitative estimate of drug-likeness (QED) is 0.739. The summed E-state index contributed by atoms with van der Waals surface area (Å²) in [5.74, 6) is 0. The molecule has 20 heavy (non-hydrogen) atoms. The highest BCUT2D eigenvalue weighted by Gasteiger charge is 2.31. The smallest absolute Gasteiger partial charge is 0.00965 e. The SMILES string of the molecule is CC(C)(C)NCCC1(CCc2cccs2)CCCCC1. The van der Waals surface area contributed by atoms with E-state index in [2.05, 4.69) is 43.6 Å². The van der Waals surface area contributed by atoms with Gasteiger partial charge in [0.25, 0.3) is 0 Å². The highest BCUT2D eigenvalue weighted by molar-refractivity contribution is 7.09. The van der Waals surface area contributed by atoms with Gasteiger partial charge in [-0.05, 0) is 76.3 Å². The third kappa shape index (κ3) is 5.21. The molecular formula is C18H31NS. The monoisotopic (exact) mass is 293 g/mol. The average molecular weight is 294 g/mol. The van der Waals surface area contributed by atoms with Crippen molar-refractivity contribution in [3.8, 4) is 0 Å². The Balaban J connectivity index is 1.87. The van der Waals surface area contributed by atoms with Gasteiger partial charge in [-0.2, -0.15) is 0 Å². The van der Waals surface area contributed by atoms with Crippen molar-refractivity contribution >= 4 is 11.3 Å². The fourth-order valence-electron chi connectivity index (χ4n) is 3.47. The van der Waals surface area contributed by atoms with Crippen LogP contribution < -0.4 is 5.32 Å². The molecule has 1 heterocycles. The predicted octanol–water partition coefficient (Wildman–Crippen LogP) is 5.41. The second-order valence-corrected chi connectivity index (χ2v) is 8.60. The molecule has 1 aromatic heterocycles. The Morgan fingerprint density at radius 2 is 1.90 bits per heavy atom. The fraction of sp³-hybridized carbons (Fsp3) is 0.778. The summed E-state index contributed by atoms with van der Waals surface area (Å²) in [6, 6.07) is 4.49. The molecular weight excluding hydrogens is 262 g/mol. The van der Waals surface area contributed by atoms with E-state index in [-0.39, 0.29) is 5.54 Å². The maximum atomic E-state index is 3.69. The summed E-state index contributed by atoms with van der Waals surface area (Å²) in [6.07, 6.45) is 11.3. The van der Waals surface area contributed by atoms with E-state index < -0.39 is 0 Å².